The van der Waals surface area contributed by atoms with Crippen molar-refractivity contribution in [1.29, 1.82) is 0 Å². The minimum atomic E-state index is -0.500. The number of hydrogen-bond donors (Lipinski definition) is 3. The zero-order chi connectivity index (χ0) is 13.7. The lowest BCUT2D eigenvalue weighted by atomic mass is 10.2. The van der Waals surface area contributed by atoms with Gasteiger partial charge < -0.3 is 15.7 Å². The van der Waals surface area contributed by atoms with Gasteiger partial charge in [-0.25, -0.2) is 9.18 Å². The number of benzene rings is 1. The second-order valence-corrected chi connectivity index (χ2v) is 5.02. The van der Waals surface area contributed by atoms with Crippen molar-refractivity contribution in [2.45, 2.75) is 19.4 Å². The second-order valence-electron chi connectivity index (χ2n) is 3.76. The zero-order valence-electron chi connectivity index (χ0n) is 9.64. The number of halogens is 3. The average molecular weight is 340 g/mol. The fraction of sp³-hybridized carbons (Fsp3) is 0.364. The Kier molecular flexibility index (Phi) is 5.84. The monoisotopic (exact) mass is 338 g/mol. The minimum Gasteiger partial charge on any atom is -0.396 e. The van der Waals surface area contributed by atoms with Gasteiger partial charge >= 0.3 is 6.03 Å². The van der Waals surface area contributed by atoms with Crippen LogP contribution >= 0.6 is 27.5 Å². The van der Waals surface area contributed by atoms with E-state index in [1.165, 1.54) is 6.07 Å². The van der Waals surface area contributed by atoms with Crippen LogP contribution in [-0.4, -0.2) is 23.8 Å². The highest BCUT2D eigenvalue weighted by atomic mass is 79.9. The molecule has 1 aromatic rings. The lowest BCUT2D eigenvalue weighted by molar-refractivity contribution is 0.241. The Balaban J connectivity index is 2.67. The average Bonchev–Trinajstić information content (AvgIpc) is 2.26. The van der Waals surface area contributed by atoms with Gasteiger partial charge in [-0.05, 0) is 41.4 Å². The summed E-state index contributed by atoms with van der Waals surface area (Å²) in [4.78, 5) is 11.6. The Morgan fingerprint density at radius 1 is 1.61 bits per heavy atom. The summed E-state index contributed by atoms with van der Waals surface area (Å²) in [5, 5.41) is 13.9. The molecule has 0 bridgehead atoms. The SMILES string of the molecule is C[C@H](CCO)NC(=O)Nc1cc(Br)c(F)cc1Cl. The fourth-order valence-corrected chi connectivity index (χ4v) is 1.81. The van der Waals surface area contributed by atoms with Crippen LogP contribution in [-0.2, 0) is 0 Å². The molecule has 1 rings (SSSR count). The van der Waals surface area contributed by atoms with Crippen molar-refractivity contribution >= 4 is 39.2 Å². The van der Waals surface area contributed by atoms with E-state index in [4.69, 9.17) is 16.7 Å². The summed E-state index contributed by atoms with van der Waals surface area (Å²) in [7, 11) is 0. The van der Waals surface area contributed by atoms with E-state index < -0.39 is 11.8 Å². The number of hydrogen-bond acceptors (Lipinski definition) is 2. The zero-order valence-corrected chi connectivity index (χ0v) is 12.0. The molecule has 0 aliphatic rings. The Bertz CT molecular complexity index is 445. The molecule has 2 amide bonds. The van der Waals surface area contributed by atoms with Crippen molar-refractivity contribution in [1.82, 2.24) is 5.32 Å². The van der Waals surface area contributed by atoms with Crippen molar-refractivity contribution in [3.8, 4) is 0 Å². The third-order valence-electron chi connectivity index (χ3n) is 2.20. The Morgan fingerprint density at radius 3 is 2.89 bits per heavy atom. The van der Waals surface area contributed by atoms with Crippen molar-refractivity contribution in [3.05, 3.63) is 27.4 Å². The number of anilines is 1. The van der Waals surface area contributed by atoms with Gasteiger partial charge in [0, 0.05) is 12.6 Å². The number of aliphatic hydroxyl groups excluding tert-OH is 1. The molecular formula is C11H13BrClFN2O2. The molecule has 0 unspecified atom stereocenters. The van der Waals surface area contributed by atoms with Crippen LogP contribution in [0.1, 0.15) is 13.3 Å². The summed E-state index contributed by atoms with van der Waals surface area (Å²) >= 11 is 8.81. The number of carbonyl (C=O) groups excluding carboxylic acids is 1. The molecule has 0 aliphatic carbocycles. The Labute approximate surface area is 118 Å². The normalized spacial score (nSPS) is 12.1. The fourth-order valence-electron chi connectivity index (χ4n) is 1.27. The lowest BCUT2D eigenvalue weighted by Gasteiger charge is -2.14. The molecule has 0 aromatic heterocycles. The quantitative estimate of drug-likeness (QED) is 0.738. The van der Waals surface area contributed by atoms with Crippen LogP contribution in [0.2, 0.25) is 5.02 Å². The van der Waals surface area contributed by atoms with E-state index in [0.29, 0.717) is 12.1 Å². The van der Waals surface area contributed by atoms with Crippen molar-refractivity contribution in [2.75, 3.05) is 11.9 Å². The van der Waals surface area contributed by atoms with Gasteiger partial charge in [0.2, 0.25) is 0 Å². The highest BCUT2D eigenvalue weighted by Gasteiger charge is 2.11. The summed E-state index contributed by atoms with van der Waals surface area (Å²) in [5.74, 6) is -0.500. The van der Waals surface area contributed by atoms with Gasteiger partial charge in [-0.3, -0.25) is 0 Å². The van der Waals surface area contributed by atoms with E-state index in [2.05, 4.69) is 26.6 Å². The molecule has 0 saturated carbocycles. The van der Waals surface area contributed by atoms with E-state index in [9.17, 15) is 9.18 Å². The lowest BCUT2D eigenvalue weighted by Crippen LogP contribution is -2.36. The predicted molar refractivity (Wildman–Crippen MR) is 72.4 cm³/mol. The highest BCUT2D eigenvalue weighted by Crippen LogP contribution is 2.28. The molecule has 18 heavy (non-hydrogen) atoms. The van der Waals surface area contributed by atoms with Crippen LogP contribution in [0.15, 0.2) is 16.6 Å². The van der Waals surface area contributed by atoms with E-state index in [-0.39, 0.29) is 22.1 Å². The number of rotatable bonds is 4. The maximum atomic E-state index is 13.1. The second kappa shape index (κ2) is 6.92. The molecule has 0 fully saturated rings. The summed E-state index contributed by atoms with van der Waals surface area (Å²) in [6.45, 7) is 1.75. The Morgan fingerprint density at radius 2 is 2.28 bits per heavy atom. The van der Waals surface area contributed by atoms with Gasteiger partial charge in [-0.1, -0.05) is 11.6 Å². The van der Waals surface area contributed by atoms with Crippen LogP contribution in [0.5, 0.6) is 0 Å². The molecule has 3 N–H and O–H groups in total. The van der Waals surface area contributed by atoms with Gasteiger partial charge in [0.05, 0.1) is 15.2 Å². The van der Waals surface area contributed by atoms with Crippen molar-refractivity contribution in [3.63, 3.8) is 0 Å². The summed E-state index contributed by atoms with van der Waals surface area (Å²) in [5.41, 5.74) is 0.304. The summed E-state index contributed by atoms with van der Waals surface area (Å²) in [6.07, 6.45) is 0.453. The van der Waals surface area contributed by atoms with E-state index in [0.717, 1.165) is 6.07 Å². The van der Waals surface area contributed by atoms with E-state index in [1.54, 1.807) is 6.92 Å². The molecular weight excluding hydrogens is 326 g/mol. The molecule has 100 valence electrons. The predicted octanol–water partition coefficient (Wildman–Crippen LogP) is 3.13. The number of nitrogens with one attached hydrogen (secondary N) is 2. The molecule has 0 heterocycles. The van der Waals surface area contributed by atoms with Gasteiger partial charge in [0.1, 0.15) is 5.82 Å². The molecule has 0 spiro atoms. The van der Waals surface area contributed by atoms with Crippen molar-refractivity contribution < 1.29 is 14.3 Å². The number of aliphatic hydroxyl groups is 1. The first-order valence-corrected chi connectivity index (χ1v) is 6.44. The van der Waals surface area contributed by atoms with Crippen LogP contribution < -0.4 is 10.6 Å². The first-order valence-electron chi connectivity index (χ1n) is 5.27. The first kappa shape index (κ1) is 15.2. The largest absolute Gasteiger partial charge is 0.396 e. The molecule has 7 heteroatoms. The van der Waals surface area contributed by atoms with Crippen molar-refractivity contribution in [2.24, 2.45) is 0 Å². The van der Waals surface area contributed by atoms with E-state index in [1.807, 2.05) is 0 Å². The van der Waals surface area contributed by atoms with Gasteiger partial charge in [0.15, 0.2) is 0 Å². The standard InChI is InChI=1S/C11H13BrClFN2O2/c1-6(2-3-17)15-11(18)16-10-4-7(12)9(14)5-8(10)13/h4-6,17H,2-3H2,1H3,(H2,15,16,18)/t6-/m1/s1. The van der Waals surface area contributed by atoms with Crippen LogP contribution in [0.4, 0.5) is 14.9 Å². The molecule has 1 atom stereocenters. The van der Waals surface area contributed by atoms with Gasteiger partial charge in [-0.15, -0.1) is 0 Å². The van der Waals surface area contributed by atoms with Crippen LogP contribution in [0.3, 0.4) is 0 Å². The van der Waals surface area contributed by atoms with Crippen LogP contribution in [0.25, 0.3) is 0 Å². The topological polar surface area (TPSA) is 61.4 Å². The molecule has 0 aliphatic heterocycles. The van der Waals surface area contributed by atoms with Crippen LogP contribution in [0, 0.1) is 5.82 Å². The number of amides is 2. The molecule has 4 nitrogen and oxygen atoms in total. The highest BCUT2D eigenvalue weighted by molar-refractivity contribution is 9.10. The van der Waals surface area contributed by atoms with E-state index >= 15 is 0 Å². The maximum absolute atomic E-state index is 13.1. The maximum Gasteiger partial charge on any atom is 0.319 e. The third kappa shape index (κ3) is 4.44. The molecule has 0 radical (unpaired) electrons. The minimum absolute atomic E-state index is 0.00962. The summed E-state index contributed by atoms with van der Waals surface area (Å²) in [6, 6.07) is 1.86. The third-order valence-corrected chi connectivity index (χ3v) is 3.12. The first-order chi connectivity index (χ1) is 8.43. The Hall–Kier alpha value is -0.850. The smallest absolute Gasteiger partial charge is 0.319 e. The van der Waals surface area contributed by atoms with Gasteiger partial charge in [-0.2, -0.15) is 0 Å². The van der Waals surface area contributed by atoms with Gasteiger partial charge in [0.25, 0.3) is 0 Å². The summed E-state index contributed by atoms with van der Waals surface area (Å²) < 4.78 is 13.3. The number of carbonyl (C=O) groups is 1. The molecule has 0 saturated heterocycles. The number of urea groups is 1. The molecule has 1 aromatic carbocycles.